The van der Waals surface area contributed by atoms with Gasteiger partial charge in [0.2, 0.25) is 0 Å². The highest BCUT2D eigenvalue weighted by molar-refractivity contribution is 9.10. The number of halogens is 1. The van der Waals surface area contributed by atoms with E-state index in [0.29, 0.717) is 6.54 Å². The topological polar surface area (TPSA) is 36.4 Å². The quantitative estimate of drug-likeness (QED) is 0.942. The first-order valence-corrected chi connectivity index (χ1v) is 6.88. The van der Waals surface area contributed by atoms with Gasteiger partial charge in [0.25, 0.3) is 0 Å². The summed E-state index contributed by atoms with van der Waals surface area (Å²) in [4.78, 5) is 6.75. The van der Waals surface area contributed by atoms with Crippen molar-refractivity contribution in [1.82, 2.24) is 4.98 Å². The first kappa shape index (κ1) is 13.3. The Morgan fingerprint density at radius 1 is 1.39 bits per heavy atom. The maximum absolute atomic E-state index is 9.16. The van der Waals surface area contributed by atoms with Crippen LogP contribution in [0.4, 0.5) is 5.69 Å². The Kier molecular flexibility index (Phi) is 4.19. The van der Waals surface area contributed by atoms with E-state index in [1.165, 1.54) is 0 Å². The molecule has 0 unspecified atom stereocenters. The number of para-hydroxylation sites is 1. The number of aliphatic hydroxyl groups is 1. The van der Waals surface area contributed by atoms with Crippen LogP contribution in [-0.4, -0.2) is 29.8 Å². The van der Waals surface area contributed by atoms with Gasteiger partial charge < -0.3 is 10.0 Å². The zero-order chi connectivity index (χ0) is 13.1. The molecule has 1 aromatic carbocycles. The van der Waals surface area contributed by atoms with Crippen molar-refractivity contribution in [3.05, 3.63) is 34.4 Å². The predicted molar refractivity (Wildman–Crippen MR) is 79.2 cm³/mol. The third-order valence-electron chi connectivity index (χ3n) is 2.99. The zero-order valence-electron chi connectivity index (χ0n) is 10.7. The lowest BCUT2D eigenvalue weighted by atomic mass is 10.1. The minimum absolute atomic E-state index is 0.157. The molecule has 96 valence electrons. The maximum atomic E-state index is 9.16. The number of likely N-dealkylation sites (N-methyl/N-ethyl adjacent to an activating group) is 1. The van der Waals surface area contributed by atoms with E-state index in [-0.39, 0.29) is 6.61 Å². The smallest absolute Gasteiger partial charge is 0.0867 e. The van der Waals surface area contributed by atoms with Crippen LogP contribution < -0.4 is 4.90 Å². The van der Waals surface area contributed by atoms with Crippen LogP contribution in [-0.2, 0) is 0 Å². The molecular weight excluding hydrogens is 292 g/mol. The van der Waals surface area contributed by atoms with Gasteiger partial charge >= 0.3 is 0 Å². The first-order chi connectivity index (χ1) is 8.67. The lowest BCUT2D eigenvalue weighted by molar-refractivity contribution is 0.302. The lowest BCUT2D eigenvalue weighted by Crippen LogP contribution is -2.26. The molecule has 0 aliphatic heterocycles. The number of hydrogen-bond acceptors (Lipinski definition) is 3. The number of anilines is 1. The number of pyridine rings is 1. The van der Waals surface area contributed by atoms with Gasteiger partial charge in [-0.1, -0.05) is 12.1 Å². The fraction of sp³-hybridized carbons (Fsp3) is 0.357. The summed E-state index contributed by atoms with van der Waals surface area (Å²) in [6.45, 7) is 5.75. The Bertz CT molecular complexity index is 557. The molecule has 0 atom stereocenters. The zero-order valence-corrected chi connectivity index (χ0v) is 12.2. The number of aromatic nitrogens is 1. The highest BCUT2D eigenvalue weighted by atomic mass is 79.9. The van der Waals surface area contributed by atoms with Gasteiger partial charge in [-0.25, -0.2) is 0 Å². The number of aryl methyl sites for hydroxylation is 1. The van der Waals surface area contributed by atoms with Gasteiger partial charge in [0.1, 0.15) is 0 Å². The summed E-state index contributed by atoms with van der Waals surface area (Å²) in [6, 6.07) is 8.16. The molecule has 0 radical (unpaired) electrons. The molecule has 0 spiro atoms. The highest BCUT2D eigenvalue weighted by Crippen LogP contribution is 2.30. The van der Waals surface area contributed by atoms with Crippen molar-refractivity contribution < 1.29 is 5.11 Å². The van der Waals surface area contributed by atoms with Crippen LogP contribution >= 0.6 is 15.9 Å². The molecule has 0 amide bonds. The van der Waals surface area contributed by atoms with Gasteiger partial charge in [0, 0.05) is 34.3 Å². The largest absolute Gasteiger partial charge is 0.395 e. The third-order valence-corrected chi connectivity index (χ3v) is 3.63. The summed E-state index contributed by atoms with van der Waals surface area (Å²) in [7, 11) is 0. The van der Waals surface area contributed by atoms with Crippen LogP contribution in [0.5, 0.6) is 0 Å². The fourth-order valence-electron chi connectivity index (χ4n) is 2.15. The number of benzene rings is 1. The molecule has 1 aromatic heterocycles. The summed E-state index contributed by atoms with van der Waals surface area (Å²) < 4.78 is 1.00. The second-order valence-corrected chi connectivity index (χ2v) is 5.08. The van der Waals surface area contributed by atoms with E-state index >= 15 is 0 Å². The van der Waals surface area contributed by atoms with Crippen molar-refractivity contribution in [3.8, 4) is 0 Å². The summed E-state index contributed by atoms with van der Waals surface area (Å²) in [5.74, 6) is 0. The summed E-state index contributed by atoms with van der Waals surface area (Å²) >= 11 is 3.54. The fourth-order valence-corrected chi connectivity index (χ4v) is 2.61. The van der Waals surface area contributed by atoms with Crippen LogP contribution in [0.2, 0.25) is 0 Å². The average molecular weight is 309 g/mol. The number of aliphatic hydroxyl groups excluding tert-OH is 1. The van der Waals surface area contributed by atoms with Gasteiger partial charge in [-0.3, -0.25) is 4.98 Å². The van der Waals surface area contributed by atoms with Crippen LogP contribution in [0, 0.1) is 6.92 Å². The van der Waals surface area contributed by atoms with Crippen molar-refractivity contribution in [2.45, 2.75) is 13.8 Å². The van der Waals surface area contributed by atoms with E-state index in [0.717, 1.165) is 33.3 Å². The molecule has 18 heavy (non-hydrogen) atoms. The molecule has 0 fully saturated rings. The third kappa shape index (κ3) is 2.49. The minimum atomic E-state index is 0.157. The molecule has 2 aromatic rings. The Balaban J connectivity index is 2.65. The standard InChI is InChI=1S/C14H17BrN2O/c1-3-17(7-8-18)13-9-10(2)16-14-11(13)5-4-6-12(14)15/h4-6,9,18H,3,7-8H2,1-2H3. The molecule has 0 saturated heterocycles. The maximum Gasteiger partial charge on any atom is 0.0867 e. The van der Waals surface area contributed by atoms with Crippen LogP contribution in [0.1, 0.15) is 12.6 Å². The van der Waals surface area contributed by atoms with Crippen LogP contribution in [0.3, 0.4) is 0 Å². The Labute approximate surface area is 116 Å². The van der Waals surface area contributed by atoms with Crippen molar-refractivity contribution in [2.24, 2.45) is 0 Å². The van der Waals surface area contributed by atoms with E-state index in [4.69, 9.17) is 5.11 Å². The van der Waals surface area contributed by atoms with Crippen LogP contribution in [0.25, 0.3) is 10.9 Å². The van der Waals surface area contributed by atoms with Gasteiger partial charge in [0.15, 0.2) is 0 Å². The molecule has 0 aliphatic carbocycles. The number of nitrogens with zero attached hydrogens (tertiary/aromatic N) is 2. The predicted octanol–water partition coefficient (Wildman–Crippen LogP) is 3.12. The lowest BCUT2D eigenvalue weighted by Gasteiger charge is -2.24. The number of hydrogen-bond donors (Lipinski definition) is 1. The van der Waals surface area contributed by atoms with Crippen molar-refractivity contribution in [2.75, 3.05) is 24.6 Å². The second kappa shape index (κ2) is 5.67. The van der Waals surface area contributed by atoms with Gasteiger partial charge in [0.05, 0.1) is 12.1 Å². The molecule has 0 aliphatic rings. The Hall–Kier alpha value is -1.13. The van der Waals surface area contributed by atoms with Gasteiger partial charge in [-0.2, -0.15) is 0 Å². The van der Waals surface area contributed by atoms with Crippen molar-refractivity contribution >= 4 is 32.5 Å². The summed E-state index contributed by atoms with van der Waals surface area (Å²) in [6.07, 6.45) is 0. The normalized spacial score (nSPS) is 10.9. The van der Waals surface area contributed by atoms with Gasteiger partial charge in [-0.15, -0.1) is 0 Å². The number of rotatable bonds is 4. The first-order valence-electron chi connectivity index (χ1n) is 6.09. The molecule has 2 rings (SSSR count). The molecule has 4 heteroatoms. The average Bonchev–Trinajstić information content (AvgIpc) is 2.36. The Morgan fingerprint density at radius 3 is 2.83 bits per heavy atom. The minimum Gasteiger partial charge on any atom is -0.395 e. The molecular formula is C14H17BrN2O. The molecule has 1 heterocycles. The molecule has 0 bridgehead atoms. The summed E-state index contributed by atoms with van der Waals surface area (Å²) in [5.41, 5.74) is 3.10. The summed E-state index contributed by atoms with van der Waals surface area (Å²) in [5, 5.41) is 10.3. The second-order valence-electron chi connectivity index (χ2n) is 4.22. The Morgan fingerprint density at radius 2 is 2.17 bits per heavy atom. The number of fused-ring (bicyclic) bond motifs is 1. The molecule has 1 N–H and O–H groups in total. The van der Waals surface area contributed by atoms with E-state index in [9.17, 15) is 0 Å². The molecule has 3 nitrogen and oxygen atoms in total. The van der Waals surface area contributed by atoms with Gasteiger partial charge in [-0.05, 0) is 41.9 Å². The van der Waals surface area contributed by atoms with Crippen molar-refractivity contribution in [1.29, 1.82) is 0 Å². The van der Waals surface area contributed by atoms with E-state index in [1.807, 2.05) is 19.1 Å². The highest BCUT2D eigenvalue weighted by Gasteiger charge is 2.11. The SMILES string of the molecule is CCN(CCO)c1cc(C)nc2c(Br)cccc12. The monoisotopic (exact) mass is 308 g/mol. The van der Waals surface area contributed by atoms with E-state index in [1.54, 1.807) is 0 Å². The van der Waals surface area contributed by atoms with E-state index in [2.05, 4.69) is 44.9 Å². The molecule has 0 saturated carbocycles. The van der Waals surface area contributed by atoms with E-state index < -0.39 is 0 Å². The van der Waals surface area contributed by atoms with Crippen LogP contribution in [0.15, 0.2) is 28.7 Å². The van der Waals surface area contributed by atoms with Crippen molar-refractivity contribution in [3.63, 3.8) is 0 Å².